The third-order valence-corrected chi connectivity index (χ3v) is 5.81. The molecule has 3 aromatic rings. The molecule has 0 bridgehead atoms. The number of thiophene rings is 1. The largest absolute Gasteiger partial charge is 0.418 e. The maximum absolute atomic E-state index is 13.5. The van der Waals surface area contributed by atoms with E-state index in [0.29, 0.717) is 10.9 Å². The zero-order valence-corrected chi connectivity index (χ0v) is 16.7. The molecule has 0 aliphatic carbocycles. The van der Waals surface area contributed by atoms with Crippen molar-refractivity contribution in [3.05, 3.63) is 58.1 Å². The van der Waals surface area contributed by atoms with E-state index >= 15 is 0 Å². The predicted molar refractivity (Wildman–Crippen MR) is 101 cm³/mol. The fourth-order valence-electron chi connectivity index (χ4n) is 3.25. The first-order valence-electron chi connectivity index (χ1n) is 8.81. The molecule has 0 spiro atoms. The molecule has 0 amide bonds. The molecule has 0 atom stereocenters. The summed E-state index contributed by atoms with van der Waals surface area (Å²) in [7, 11) is 0. The molecule has 1 heterocycles. The van der Waals surface area contributed by atoms with Crippen molar-refractivity contribution in [2.24, 2.45) is 0 Å². The number of hydrogen-bond donors (Lipinski definition) is 1. The molecule has 1 nitrogen and oxygen atoms in total. The predicted octanol–water partition coefficient (Wildman–Crippen LogP) is 8.57. The van der Waals surface area contributed by atoms with Gasteiger partial charge in [-0.25, -0.2) is 0 Å². The molecule has 0 saturated heterocycles. The lowest BCUT2D eigenvalue weighted by Crippen LogP contribution is -2.14. The number of fused-ring (bicyclic) bond motifs is 1. The average molecular weight is 471 g/mol. The van der Waals surface area contributed by atoms with Crippen LogP contribution < -0.4 is 5.32 Å². The monoisotopic (exact) mass is 471 g/mol. The maximum atomic E-state index is 13.5. The average Bonchev–Trinajstić information content (AvgIpc) is 2.94. The number of alkyl halides is 9. The molecular weight excluding hydrogens is 457 g/mol. The van der Waals surface area contributed by atoms with Crippen molar-refractivity contribution in [1.29, 1.82) is 0 Å². The highest BCUT2D eigenvalue weighted by molar-refractivity contribution is 7.23. The van der Waals surface area contributed by atoms with E-state index in [1.165, 1.54) is 6.07 Å². The summed E-state index contributed by atoms with van der Waals surface area (Å²) in [6, 6.07) is 3.80. The first-order valence-corrected chi connectivity index (χ1v) is 9.63. The van der Waals surface area contributed by atoms with Gasteiger partial charge >= 0.3 is 18.5 Å². The van der Waals surface area contributed by atoms with Gasteiger partial charge in [0.1, 0.15) is 0 Å². The number of nitrogens with one attached hydrogen (secondary N) is 1. The van der Waals surface area contributed by atoms with Gasteiger partial charge in [-0.3, -0.25) is 0 Å². The minimum absolute atomic E-state index is 0.0400. The van der Waals surface area contributed by atoms with E-state index in [-0.39, 0.29) is 22.2 Å². The van der Waals surface area contributed by atoms with Gasteiger partial charge in [-0.15, -0.1) is 11.3 Å². The summed E-state index contributed by atoms with van der Waals surface area (Å²) >= 11 is 0.808. The topological polar surface area (TPSA) is 12.0 Å². The van der Waals surface area contributed by atoms with Crippen LogP contribution >= 0.6 is 11.3 Å². The lowest BCUT2D eigenvalue weighted by molar-refractivity contribution is -0.143. The fraction of sp³-hybridized carbons (Fsp3) is 0.300. The van der Waals surface area contributed by atoms with Gasteiger partial charge in [-0.05, 0) is 54.1 Å². The van der Waals surface area contributed by atoms with Crippen molar-refractivity contribution in [2.75, 3.05) is 5.32 Å². The third-order valence-electron chi connectivity index (χ3n) is 4.70. The molecule has 0 saturated carbocycles. The van der Waals surface area contributed by atoms with Crippen LogP contribution in [0, 0.1) is 6.92 Å². The molecule has 3 rings (SSSR count). The molecule has 2 aromatic carbocycles. The number of halogens is 9. The zero-order chi connectivity index (χ0) is 23.4. The Labute approximate surface area is 174 Å². The summed E-state index contributed by atoms with van der Waals surface area (Å²) in [5.41, 5.74) is -4.37. The van der Waals surface area contributed by atoms with E-state index in [1.807, 2.05) is 0 Å². The van der Waals surface area contributed by atoms with Crippen molar-refractivity contribution in [3.63, 3.8) is 0 Å². The number of anilines is 2. The highest BCUT2D eigenvalue weighted by atomic mass is 32.1. The Hall–Kier alpha value is -2.43. The second kappa shape index (κ2) is 7.61. The van der Waals surface area contributed by atoms with E-state index in [9.17, 15) is 39.5 Å². The first kappa shape index (κ1) is 23.2. The molecule has 1 N–H and O–H groups in total. The molecule has 0 unspecified atom stereocenters. The van der Waals surface area contributed by atoms with Gasteiger partial charge in [0.2, 0.25) is 0 Å². The molecule has 11 heteroatoms. The highest BCUT2D eigenvalue weighted by Crippen LogP contribution is 2.45. The normalized spacial score (nSPS) is 13.1. The summed E-state index contributed by atoms with van der Waals surface area (Å²) in [4.78, 5) is 0. The van der Waals surface area contributed by atoms with Gasteiger partial charge in [0.25, 0.3) is 0 Å². The SMILES string of the molecule is CCc1c(Nc2cc(C)c(C(F)(F)F)cc2C(F)(F)F)sc2cc(C(F)(F)F)ccc12. The van der Waals surface area contributed by atoms with Crippen LogP contribution in [0.15, 0.2) is 30.3 Å². The van der Waals surface area contributed by atoms with Gasteiger partial charge in [-0.1, -0.05) is 13.0 Å². The summed E-state index contributed by atoms with van der Waals surface area (Å²) in [6.45, 7) is 2.71. The van der Waals surface area contributed by atoms with E-state index in [4.69, 9.17) is 0 Å². The molecule has 1 aromatic heterocycles. The summed E-state index contributed by atoms with van der Waals surface area (Å²) in [5.74, 6) is 0. The highest BCUT2D eigenvalue weighted by Gasteiger charge is 2.40. The van der Waals surface area contributed by atoms with Gasteiger partial charge < -0.3 is 5.32 Å². The van der Waals surface area contributed by atoms with E-state index in [2.05, 4.69) is 5.32 Å². The smallest absolute Gasteiger partial charge is 0.346 e. The Morgan fingerprint density at radius 3 is 1.94 bits per heavy atom. The Balaban J connectivity index is 2.16. The standard InChI is InChI=1S/C20H14F9NS/c1-3-11-12-5-4-10(18(21,22)23)7-16(12)31-17(11)30-15-6-9(2)13(19(24,25)26)8-14(15)20(27,28)29/h4-8,30H,3H2,1-2H3. The quantitative estimate of drug-likeness (QED) is 0.377. The Morgan fingerprint density at radius 1 is 0.806 bits per heavy atom. The lowest BCUT2D eigenvalue weighted by atomic mass is 10.0. The van der Waals surface area contributed by atoms with Crippen molar-refractivity contribution in [3.8, 4) is 0 Å². The summed E-state index contributed by atoms with van der Waals surface area (Å²) in [6.07, 6.45) is -14.4. The van der Waals surface area contributed by atoms with Crippen LogP contribution in [0.1, 0.15) is 34.7 Å². The molecule has 0 radical (unpaired) electrons. The van der Waals surface area contributed by atoms with E-state index in [1.54, 1.807) is 6.92 Å². The van der Waals surface area contributed by atoms with Crippen molar-refractivity contribution < 1.29 is 39.5 Å². The minimum atomic E-state index is -5.08. The third kappa shape index (κ3) is 4.60. The Morgan fingerprint density at radius 2 is 1.42 bits per heavy atom. The molecule has 0 aliphatic heterocycles. The van der Waals surface area contributed by atoms with Gasteiger partial charge in [-0.2, -0.15) is 39.5 Å². The fourth-order valence-corrected chi connectivity index (χ4v) is 4.50. The maximum Gasteiger partial charge on any atom is 0.418 e. The molecule has 0 aliphatic rings. The van der Waals surface area contributed by atoms with Crippen molar-refractivity contribution >= 4 is 32.1 Å². The van der Waals surface area contributed by atoms with Gasteiger partial charge in [0.05, 0.1) is 27.4 Å². The number of hydrogen-bond acceptors (Lipinski definition) is 2. The van der Waals surface area contributed by atoms with Crippen LogP contribution in [0.3, 0.4) is 0 Å². The molecule has 0 fully saturated rings. The van der Waals surface area contributed by atoms with Crippen LogP contribution in [0.25, 0.3) is 10.1 Å². The van der Waals surface area contributed by atoms with Crippen LogP contribution in [-0.4, -0.2) is 0 Å². The zero-order valence-electron chi connectivity index (χ0n) is 15.9. The Bertz CT molecular complexity index is 1120. The van der Waals surface area contributed by atoms with Crippen LogP contribution in [0.4, 0.5) is 50.2 Å². The van der Waals surface area contributed by atoms with Gasteiger partial charge in [0, 0.05) is 4.70 Å². The molecule has 168 valence electrons. The summed E-state index contributed by atoms with van der Waals surface area (Å²) in [5, 5.41) is 3.09. The number of benzene rings is 2. The van der Waals surface area contributed by atoms with Crippen LogP contribution in [0.2, 0.25) is 0 Å². The number of aryl methyl sites for hydroxylation is 2. The van der Waals surface area contributed by atoms with Crippen LogP contribution in [0.5, 0.6) is 0 Å². The first-order chi connectivity index (χ1) is 14.1. The second-order valence-electron chi connectivity index (χ2n) is 6.81. The Kier molecular flexibility index (Phi) is 5.71. The second-order valence-corrected chi connectivity index (χ2v) is 7.86. The van der Waals surface area contributed by atoms with E-state index in [0.717, 1.165) is 36.5 Å². The van der Waals surface area contributed by atoms with E-state index < -0.39 is 46.5 Å². The minimum Gasteiger partial charge on any atom is -0.346 e. The van der Waals surface area contributed by atoms with Crippen molar-refractivity contribution in [1.82, 2.24) is 0 Å². The lowest BCUT2D eigenvalue weighted by Gasteiger charge is -2.19. The number of rotatable bonds is 3. The molecular formula is C20H14F9NS. The molecule has 31 heavy (non-hydrogen) atoms. The summed E-state index contributed by atoms with van der Waals surface area (Å²) < 4.78 is 119. The van der Waals surface area contributed by atoms with Crippen molar-refractivity contribution in [2.45, 2.75) is 38.8 Å². The van der Waals surface area contributed by atoms with Gasteiger partial charge in [0.15, 0.2) is 0 Å². The van der Waals surface area contributed by atoms with Crippen LogP contribution in [-0.2, 0) is 24.9 Å².